The van der Waals surface area contributed by atoms with Gasteiger partial charge < -0.3 is 23.7 Å². The van der Waals surface area contributed by atoms with Crippen LogP contribution in [0.5, 0.6) is 0 Å². The summed E-state index contributed by atoms with van der Waals surface area (Å²) in [6, 6.07) is 0. The van der Waals surface area contributed by atoms with Crippen LogP contribution in [0.2, 0.25) is 0 Å². The predicted molar refractivity (Wildman–Crippen MR) is 83.8 cm³/mol. The molecule has 2 aliphatic heterocycles. The topological polar surface area (TPSA) is 63.2 Å². The Balaban J connectivity index is 1.29. The molecule has 0 aromatic carbocycles. The summed E-state index contributed by atoms with van der Waals surface area (Å²) in [6.07, 6.45) is 1.71. The monoisotopic (exact) mass is 348 g/mol. The van der Waals surface area contributed by atoms with E-state index in [0.717, 1.165) is 23.7 Å². The van der Waals surface area contributed by atoms with Crippen LogP contribution in [-0.2, 0) is 28.5 Å². The second kappa shape index (κ2) is 4.66. The molecular formula is C19H24O6. The summed E-state index contributed by atoms with van der Waals surface area (Å²) in [6.45, 7) is 5.26. The van der Waals surface area contributed by atoms with Gasteiger partial charge in [0.1, 0.15) is 6.10 Å². The SMILES string of the molecule is C=C(C)C(=O)OC1OC(OC)C2OC3(OC12)C1CC2CC4CC3C2C41. The Morgan fingerprint density at radius 1 is 1.04 bits per heavy atom. The lowest BCUT2D eigenvalue weighted by atomic mass is 9.65. The number of carbonyl (C=O) groups is 1. The van der Waals surface area contributed by atoms with Gasteiger partial charge in [-0.2, -0.15) is 0 Å². The second-order valence-electron chi connectivity index (χ2n) is 8.78. The van der Waals surface area contributed by atoms with Crippen LogP contribution in [0.25, 0.3) is 0 Å². The molecule has 6 bridgehead atoms. The second-order valence-corrected chi connectivity index (χ2v) is 8.78. The first-order valence-electron chi connectivity index (χ1n) is 9.44. The van der Waals surface area contributed by atoms with Gasteiger partial charge in [-0.05, 0) is 49.9 Å². The molecule has 1 spiro atoms. The van der Waals surface area contributed by atoms with Crippen molar-refractivity contribution >= 4 is 5.97 Å². The van der Waals surface area contributed by atoms with Crippen LogP contribution in [0.1, 0.15) is 26.2 Å². The Morgan fingerprint density at radius 3 is 2.20 bits per heavy atom. The molecule has 10 atom stereocenters. The van der Waals surface area contributed by atoms with Crippen molar-refractivity contribution in [3.8, 4) is 0 Å². The average Bonchev–Trinajstić information content (AvgIpc) is 3.37. The molecule has 4 aliphatic carbocycles. The highest BCUT2D eigenvalue weighted by molar-refractivity contribution is 5.87. The lowest BCUT2D eigenvalue weighted by molar-refractivity contribution is -0.313. The zero-order chi connectivity index (χ0) is 17.1. The molecule has 10 unspecified atom stereocenters. The lowest BCUT2D eigenvalue weighted by Crippen LogP contribution is -2.53. The number of rotatable bonds is 3. The third-order valence-corrected chi connectivity index (χ3v) is 7.79. The summed E-state index contributed by atoms with van der Waals surface area (Å²) in [5.74, 6) is 3.29. The Hall–Kier alpha value is -0.950. The molecule has 6 nitrogen and oxygen atoms in total. The summed E-state index contributed by atoms with van der Waals surface area (Å²) in [5.41, 5.74) is 0.341. The summed E-state index contributed by atoms with van der Waals surface area (Å²) < 4.78 is 29.8. The normalized spacial score (nSPS) is 59.3. The van der Waals surface area contributed by atoms with Crippen molar-refractivity contribution in [3.63, 3.8) is 0 Å². The number of hydrogen-bond donors (Lipinski definition) is 0. The Labute approximate surface area is 146 Å². The fourth-order valence-corrected chi connectivity index (χ4v) is 7.27. The van der Waals surface area contributed by atoms with Gasteiger partial charge in [0.15, 0.2) is 18.2 Å². The van der Waals surface area contributed by atoms with E-state index in [1.807, 2.05) is 0 Å². The lowest BCUT2D eigenvalue weighted by Gasteiger charge is -2.49. The van der Waals surface area contributed by atoms with Gasteiger partial charge in [0.2, 0.25) is 6.29 Å². The van der Waals surface area contributed by atoms with Gasteiger partial charge >= 0.3 is 5.97 Å². The Bertz CT molecular complexity index is 638. The molecule has 0 radical (unpaired) electrons. The Morgan fingerprint density at radius 2 is 1.64 bits per heavy atom. The van der Waals surface area contributed by atoms with E-state index in [1.54, 1.807) is 14.0 Å². The van der Waals surface area contributed by atoms with Crippen LogP contribution in [-0.4, -0.2) is 43.7 Å². The van der Waals surface area contributed by atoms with Crippen molar-refractivity contribution in [2.75, 3.05) is 7.11 Å². The fraction of sp³-hybridized carbons (Fsp3) is 0.842. The predicted octanol–water partition coefficient (Wildman–Crippen LogP) is 1.84. The van der Waals surface area contributed by atoms with E-state index in [-0.39, 0.29) is 6.10 Å². The number of hydrogen-bond acceptors (Lipinski definition) is 6. The van der Waals surface area contributed by atoms with Gasteiger partial charge in [-0.1, -0.05) is 6.58 Å². The highest BCUT2D eigenvalue weighted by atomic mass is 16.8. The zero-order valence-electron chi connectivity index (χ0n) is 14.6. The van der Waals surface area contributed by atoms with Gasteiger partial charge in [0.05, 0.1) is 0 Å². The summed E-state index contributed by atoms with van der Waals surface area (Å²) >= 11 is 0. The third kappa shape index (κ3) is 1.63. The largest absolute Gasteiger partial charge is 0.429 e. The highest BCUT2D eigenvalue weighted by Gasteiger charge is 2.80. The van der Waals surface area contributed by atoms with E-state index >= 15 is 0 Å². The molecule has 2 heterocycles. The van der Waals surface area contributed by atoms with Crippen LogP contribution < -0.4 is 0 Å². The van der Waals surface area contributed by atoms with Gasteiger partial charge in [-0.15, -0.1) is 0 Å². The highest BCUT2D eigenvalue weighted by Crippen LogP contribution is 2.78. The van der Waals surface area contributed by atoms with Crippen molar-refractivity contribution in [3.05, 3.63) is 12.2 Å². The first-order chi connectivity index (χ1) is 12.0. The smallest absolute Gasteiger partial charge is 0.335 e. The summed E-state index contributed by atoms with van der Waals surface area (Å²) in [7, 11) is 1.58. The fourth-order valence-electron chi connectivity index (χ4n) is 7.27. The molecule has 2 saturated heterocycles. The molecule has 0 aromatic heterocycles. The molecule has 4 saturated carbocycles. The van der Waals surface area contributed by atoms with Gasteiger partial charge in [0.25, 0.3) is 0 Å². The molecule has 25 heavy (non-hydrogen) atoms. The van der Waals surface area contributed by atoms with E-state index in [9.17, 15) is 4.79 Å². The Kier molecular flexibility index (Phi) is 2.82. The third-order valence-electron chi connectivity index (χ3n) is 7.79. The first kappa shape index (κ1) is 15.1. The summed E-state index contributed by atoms with van der Waals surface area (Å²) in [4.78, 5) is 12.0. The van der Waals surface area contributed by atoms with E-state index in [2.05, 4.69) is 6.58 Å². The number of carbonyl (C=O) groups excluding carboxylic acids is 1. The minimum atomic E-state index is -0.800. The first-order valence-corrected chi connectivity index (χ1v) is 9.44. The number of fused-ring (bicyclic) bond motifs is 3. The van der Waals surface area contributed by atoms with Crippen LogP contribution in [0.4, 0.5) is 0 Å². The standard InChI is InChI=1S/C19H24O6/c1-7(2)16(20)22-18-15-14(17(21-3)23-18)24-19(25-15)10-5-8-4-9-6-11(19)12(8)13(9)10/h8-15,17-18H,1,4-6H2,2-3H3. The number of methoxy groups -OCH3 is 1. The summed E-state index contributed by atoms with van der Waals surface area (Å²) in [5, 5.41) is 0. The maximum absolute atomic E-state index is 12.0. The van der Waals surface area contributed by atoms with Gasteiger partial charge in [-0.25, -0.2) is 4.79 Å². The van der Waals surface area contributed by atoms with Crippen LogP contribution in [0, 0.1) is 35.5 Å². The minimum Gasteiger partial charge on any atom is -0.429 e. The average molecular weight is 348 g/mol. The van der Waals surface area contributed by atoms with Crippen molar-refractivity contribution in [1.29, 1.82) is 0 Å². The molecule has 6 rings (SSSR count). The number of ether oxygens (including phenoxy) is 5. The van der Waals surface area contributed by atoms with E-state index in [0.29, 0.717) is 17.4 Å². The van der Waals surface area contributed by atoms with Crippen molar-refractivity contribution in [2.45, 2.75) is 56.8 Å². The van der Waals surface area contributed by atoms with E-state index in [4.69, 9.17) is 23.7 Å². The zero-order valence-corrected chi connectivity index (χ0v) is 14.6. The molecule has 6 fully saturated rings. The maximum atomic E-state index is 12.0. The van der Waals surface area contributed by atoms with Crippen molar-refractivity contribution in [2.24, 2.45) is 35.5 Å². The molecule has 0 aromatic rings. The molecule has 6 heteroatoms. The molecule has 0 amide bonds. The van der Waals surface area contributed by atoms with E-state index in [1.165, 1.54) is 19.3 Å². The van der Waals surface area contributed by atoms with Crippen molar-refractivity contribution < 1.29 is 28.5 Å². The number of esters is 1. The van der Waals surface area contributed by atoms with Gasteiger partial charge in [0, 0.05) is 24.5 Å². The molecular weight excluding hydrogens is 324 g/mol. The molecule has 136 valence electrons. The van der Waals surface area contributed by atoms with Crippen molar-refractivity contribution in [1.82, 2.24) is 0 Å². The molecule has 0 N–H and O–H groups in total. The quantitative estimate of drug-likeness (QED) is 0.573. The maximum Gasteiger partial charge on any atom is 0.335 e. The van der Waals surface area contributed by atoms with E-state index < -0.39 is 30.4 Å². The van der Waals surface area contributed by atoms with Crippen LogP contribution in [0.15, 0.2) is 12.2 Å². The minimum absolute atomic E-state index is 0.341. The van der Waals surface area contributed by atoms with Gasteiger partial charge in [-0.3, -0.25) is 0 Å². The van der Waals surface area contributed by atoms with Crippen LogP contribution in [0.3, 0.4) is 0 Å². The molecule has 6 aliphatic rings. The van der Waals surface area contributed by atoms with Crippen LogP contribution >= 0.6 is 0 Å².